The van der Waals surface area contributed by atoms with Gasteiger partial charge in [-0.2, -0.15) is 5.10 Å². The van der Waals surface area contributed by atoms with E-state index in [0.717, 1.165) is 46.6 Å². The minimum absolute atomic E-state index is 0.852. The van der Waals surface area contributed by atoms with Crippen LogP contribution >= 0.6 is 11.3 Å². The Morgan fingerprint density at radius 2 is 2.16 bits per heavy atom. The third kappa shape index (κ3) is 3.39. The van der Waals surface area contributed by atoms with Gasteiger partial charge in [-0.3, -0.25) is 9.67 Å². The van der Waals surface area contributed by atoms with Gasteiger partial charge in [-0.15, -0.1) is 5.10 Å². The largest absolute Gasteiger partial charge is 0.360 e. The van der Waals surface area contributed by atoms with Gasteiger partial charge in [0.25, 0.3) is 0 Å². The fourth-order valence-electron chi connectivity index (χ4n) is 2.75. The van der Waals surface area contributed by atoms with Gasteiger partial charge in [0.1, 0.15) is 0 Å². The lowest BCUT2D eigenvalue weighted by Crippen LogP contribution is -2.09. The molecule has 0 aliphatic rings. The number of nitrogens with one attached hydrogen (secondary N) is 1. The molecule has 0 saturated carbocycles. The van der Waals surface area contributed by atoms with Crippen LogP contribution in [0.15, 0.2) is 36.8 Å². The van der Waals surface area contributed by atoms with E-state index in [4.69, 9.17) is 0 Å². The van der Waals surface area contributed by atoms with Crippen molar-refractivity contribution in [2.45, 2.75) is 26.8 Å². The second-order valence-corrected chi connectivity index (χ2v) is 6.89. The molecule has 4 aromatic heterocycles. The van der Waals surface area contributed by atoms with Crippen molar-refractivity contribution in [1.29, 1.82) is 0 Å². The van der Waals surface area contributed by atoms with Crippen LogP contribution in [-0.4, -0.2) is 35.9 Å². The fraction of sp³-hybridized carbons (Fsp3) is 0.294. The second kappa shape index (κ2) is 6.64. The Morgan fingerprint density at radius 3 is 2.88 bits per heavy atom. The van der Waals surface area contributed by atoms with Gasteiger partial charge in [0.05, 0.1) is 17.6 Å². The van der Waals surface area contributed by atoms with E-state index in [2.05, 4.69) is 38.5 Å². The van der Waals surface area contributed by atoms with Crippen molar-refractivity contribution in [1.82, 2.24) is 29.4 Å². The van der Waals surface area contributed by atoms with Gasteiger partial charge < -0.3 is 5.32 Å². The molecule has 0 bridgehead atoms. The fourth-order valence-corrected chi connectivity index (χ4v) is 3.56. The highest BCUT2D eigenvalue weighted by molar-refractivity contribution is 7.20. The van der Waals surface area contributed by atoms with Crippen molar-refractivity contribution in [3.05, 3.63) is 48.2 Å². The van der Waals surface area contributed by atoms with Crippen molar-refractivity contribution in [3.8, 4) is 11.3 Å². The summed E-state index contributed by atoms with van der Waals surface area (Å²) in [5, 5.41) is 13.3. The summed E-state index contributed by atoms with van der Waals surface area (Å²) in [6.07, 6.45) is 6.49. The normalized spacial score (nSPS) is 11.3. The lowest BCUT2D eigenvalue weighted by atomic mass is 10.2. The zero-order valence-electron chi connectivity index (χ0n) is 14.2. The third-order valence-electron chi connectivity index (χ3n) is 3.93. The van der Waals surface area contributed by atoms with E-state index in [0.29, 0.717) is 0 Å². The maximum absolute atomic E-state index is 4.62. The smallest absolute Gasteiger partial charge is 0.214 e. The van der Waals surface area contributed by atoms with Gasteiger partial charge in [0.15, 0.2) is 0 Å². The molecule has 25 heavy (non-hydrogen) atoms. The molecular formula is C17H19N7S. The summed E-state index contributed by atoms with van der Waals surface area (Å²) < 4.78 is 3.86. The molecule has 0 saturated heterocycles. The van der Waals surface area contributed by atoms with Crippen LogP contribution in [0.5, 0.6) is 0 Å². The van der Waals surface area contributed by atoms with E-state index in [9.17, 15) is 0 Å². The molecule has 0 aromatic carbocycles. The molecule has 4 aromatic rings. The molecule has 1 N–H and O–H groups in total. The van der Waals surface area contributed by atoms with E-state index < -0.39 is 0 Å². The van der Waals surface area contributed by atoms with Crippen molar-refractivity contribution >= 4 is 21.4 Å². The van der Waals surface area contributed by atoms with Crippen LogP contribution in [0, 0.1) is 13.8 Å². The van der Waals surface area contributed by atoms with Crippen LogP contribution in [0.25, 0.3) is 16.2 Å². The number of nitrogens with zero attached hydrogens (tertiary/aromatic N) is 6. The van der Waals surface area contributed by atoms with Crippen LogP contribution in [0.1, 0.15) is 17.8 Å². The quantitative estimate of drug-likeness (QED) is 0.539. The van der Waals surface area contributed by atoms with Crippen LogP contribution in [0.2, 0.25) is 0 Å². The minimum Gasteiger partial charge on any atom is -0.360 e. The molecule has 0 radical (unpaired) electrons. The first-order valence-corrected chi connectivity index (χ1v) is 9.02. The third-order valence-corrected chi connectivity index (χ3v) is 4.81. The first-order chi connectivity index (χ1) is 12.2. The Balaban J connectivity index is 1.36. The maximum Gasteiger partial charge on any atom is 0.214 e. The molecule has 4 rings (SSSR count). The van der Waals surface area contributed by atoms with Gasteiger partial charge in [-0.05, 0) is 38.5 Å². The molecule has 0 spiro atoms. The molecule has 4 heterocycles. The summed E-state index contributed by atoms with van der Waals surface area (Å²) in [4.78, 5) is 9.62. The van der Waals surface area contributed by atoms with Gasteiger partial charge in [0, 0.05) is 36.7 Å². The summed E-state index contributed by atoms with van der Waals surface area (Å²) in [6, 6.07) is 6.01. The number of aryl methyl sites for hydroxylation is 3. The monoisotopic (exact) mass is 353 g/mol. The number of pyridine rings is 1. The summed E-state index contributed by atoms with van der Waals surface area (Å²) >= 11 is 1.55. The first kappa shape index (κ1) is 15.8. The Morgan fingerprint density at radius 1 is 1.24 bits per heavy atom. The predicted molar refractivity (Wildman–Crippen MR) is 98.9 cm³/mol. The topological polar surface area (TPSA) is 72.9 Å². The van der Waals surface area contributed by atoms with Crippen LogP contribution in [0.4, 0.5) is 5.13 Å². The highest BCUT2D eigenvalue weighted by Gasteiger charge is 2.09. The number of imidazole rings is 1. The molecule has 0 fully saturated rings. The van der Waals surface area contributed by atoms with Crippen LogP contribution < -0.4 is 5.32 Å². The molecule has 0 amide bonds. The standard InChI is InChI=1S/C17H19N7S/c1-12-9-13(2)23(21-12)8-4-7-19-16-22-24-11-15(20-17(24)25-16)14-5-3-6-18-10-14/h3,5-6,9-11H,4,7-8H2,1-2H3,(H,19,22). The highest BCUT2D eigenvalue weighted by atomic mass is 32.1. The number of fused-ring (bicyclic) bond motifs is 1. The zero-order chi connectivity index (χ0) is 17.2. The zero-order valence-corrected chi connectivity index (χ0v) is 15.0. The highest BCUT2D eigenvalue weighted by Crippen LogP contribution is 2.23. The van der Waals surface area contributed by atoms with Gasteiger partial charge in [-0.1, -0.05) is 11.3 Å². The average Bonchev–Trinajstić information content (AvgIpc) is 3.25. The lowest BCUT2D eigenvalue weighted by molar-refractivity contribution is 0.573. The molecule has 128 valence electrons. The molecule has 8 heteroatoms. The number of aromatic nitrogens is 6. The molecular weight excluding hydrogens is 334 g/mol. The van der Waals surface area contributed by atoms with Crippen LogP contribution in [0.3, 0.4) is 0 Å². The average molecular weight is 353 g/mol. The maximum atomic E-state index is 4.62. The summed E-state index contributed by atoms with van der Waals surface area (Å²) in [6.45, 7) is 5.86. The van der Waals surface area contributed by atoms with E-state index in [1.54, 1.807) is 17.5 Å². The molecule has 0 aliphatic carbocycles. The first-order valence-electron chi connectivity index (χ1n) is 8.20. The van der Waals surface area contributed by atoms with Gasteiger partial charge in [-0.25, -0.2) is 9.50 Å². The summed E-state index contributed by atoms with van der Waals surface area (Å²) in [5.74, 6) is 0. The van der Waals surface area contributed by atoms with E-state index >= 15 is 0 Å². The summed E-state index contributed by atoms with van der Waals surface area (Å²) in [7, 11) is 0. The Bertz CT molecular complexity index is 952. The SMILES string of the molecule is Cc1cc(C)n(CCCNc2nn3cc(-c4cccnc4)nc3s2)n1. The molecule has 0 unspecified atom stereocenters. The second-order valence-electron chi connectivity index (χ2n) is 5.93. The van der Waals surface area contributed by atoms with Crippen LogP contribution in [-0.2, 0) is 6.54 Å². The van der Waals surface area contributed by atoms with Crippen molar-refractivity contribution in [3.63, 3.8) is 0 Å². The Labute approximate surface area is 149 Å². The predicted octanol–water partition coefficient (Wildman–Crippen LogP) is 3.17. The number of hydrogen-bond donors (Lipinski definition) is 1. The molecule has 0 atom stereocenters. The van der Waals surface area contributed by atoms with Crippen molar-refractivity contribution in [2.24, 2.45) is 0 Å². The lowest BCUT2D eigenvalue weighted by Gasteiger charge is -2.04. The minimum atomic E-state index is 0.852. The number of rotatable bonds is 6. The Hall–Kier alpha value is -2.74. The Kier molecular flexibility index (Phi) is 4.19. The van der Waals surface area contributed by atoms with E-state index in [1.807, 2.05) is 40.6 Å². The van der Waals surface area contributed by atoms with Crippen molar-refractivity contribution in [2.75, 3.05) is 11.9 Å². The summed E-state index contributed by atoms with van der Waals surface area (Å²) in [5.41, 5.74) is 4.16. The molecule has 0 aliphatic heterocycles. The van der Waals surface area contributed by atoms with E-state index in [1.165, 1.54) is 5.69 Å². The molecule has 7 nitrogen and oxygen atoms in total. The number of hydrogen-bond acceptors (Lipinski definition) is 6. The van der Waals surface area contributed by atoms with Gasteiger partial charge in [0.2, 0.25) is 10.1 Å². The van der Waals surface area contributed by atoms with Crippen molar-refractivity contribution < 1.29 is 0 Å². The van der Waals surface area contributed by atoms with E-state index in [-0.39, 0.29) is 0 Å². The number of anilines is 1. The van der Waals surface area contributed by atoms with Gasteiger partial charge >= 0.3 is 0 Å².